The summed E-state index contributed by atoms with van der Waals surface area (Å²) in [6, 6.07) is 5.92. The molecule has 1 saturated carbocycles. The van der Waals surface area contributed by atoms with Gasteiger partial charge >= 0.3 is 0 Å². The van der Waals surface area contributed by atoms with E-state index in [9.17, 15) is 9.59 Å². The number of carbonyl (C=O) groups is 1. The number of aromatic nitrogens is 1. The molecule has 1 N–H and O–H groups in total. The fraction of sp³-hybridized carbons (Fsp3) is 0.455. The molecular weight excluding hydrogens is 310 g/mol. The summed E-state index contributed by atoms with van der Waals surface area (Å²) < 4.78 is 0. The van der Waals surface area contributed by atoms with Crippen LogP contribution < -0.4 is 5.56 Å². The lowest BCUT2D eigenvalue weighted by Crippen LogP contribution is -2.24. The second kappa shape index (κ2) is 6.62. The second-order valence-electron chi connectivity index (χ2n) is 7.85. The minimum Gasteiger partial charge on any atom is -0.326 e. The van der Waals surface area contributed by atoms with Gasteiger partial charge in [-0.2, -0.15) is 0 Å². The maximum atomic E-state index is 13.5. The van der Waals surface area contributed by atoms with E-state index in [0.29, 0.717) is 22.6 Å². The molecular formula is C22H27NO2. The third-order valence-electron chi connectivity index (χ3n) is 5.05. The number of hydrogen-bond donors (Lipinski definition) is 1. The molecule has 1 aliphatic carbocycles. The van der Waals surface area contributed by atoms with E-state index in [-0.39, 0.29) is 17.3 Å². The lowest BCUT2D eigenvalue weighted by Gasteiger charge is -2.18. The van der Waals surface area contributed by atoms with Crippen LogP contribution in [0.1, 0.15) is 76.5 Å². The lowest BCUT2D eigenvalue weighted by atomic mass is 9.86. The Kier molecular flexibility index (Phi) is 4.68. The first-order chi connectivity index (χ1) is 11.8. The molecule has 25 heavy (non-hydrogen) atoms. The number of nitrogens with one attached hydrogen (secondary N) is 1. The van der Waals surface area contributed by atoms with Crippen LogP contribution in [0.25, 0.3) is 0 Å². The van der Waals surface area contributed by atoms with Crippen LogP contribution in [0.2, 0.25) is 0 Å². The molecule has 3 nitrogen and oxygen atoms in total. The average molecular weight is 337 g/mol. The fourth-order valence-corrected chi connectivity index (χ4v) is 3.70. The molecule has 0 bridgehead atoms. The maximum absolute atomic E-state index is 13.5. The zero-order valence-electron chi connectivity index (χ0n) is 15.8. The predicted molar refractivity (Wildman–Crippen MR) is 102 cm³/mol. The molecule has 0 aliphatic heterocycles. The minimum atomic E-state index is -0.125. The van der Waals surface area contributed by atoms with Crippen molar-refractivity contribution >= 4 is 5.78 Å². The van der Waals surface area contributed by atoms with E-state index in [2.05, 4.69) is 11.1 Å². The summed E-state index contributed by atoms with van der Waals surface area (Å²) >= 11 is 0. The summed E-state index contributed by atoms with van der Waals surface area (Å²) in [4.78, 5) is 29.1. The Bertz CT molecular complexity index is 865. The third-order valence-corrected chi connectivity index (χ3v) is 5.05. The first kappa shape index (κ1) is 17.7. The molecule has 0 atom stereocenters. The van der Waals surface area contributed by atoms with Crippen molar-refractivity contribution in [3.8, 4) is 0 Å². The highest BCUT2D eigenvalue weighted by Crippen LogP contribution is 2.35. The van der Waals surface area contributed by atoms with Crippen molar-refractivity contribution in [2.24, 2.45) is 5.92 Å². The highest BCUT2D eigenvalue weighted by Gasteiger charge is 2.29. The number of ketones is 1. The first-order valence-electron chi connectivity index (χ1n) is 9.16. The van der Waals surface area contributed by atoms with Crippen LogP contribution in [-0.2, 0) is 6.42 Å². The van der Waals surface area contributed by atoms with Gasteiger partial charge in [0.1, 0.15) is 0 Å². The first-order valence-corrected chi connectivity index (χ1v) is 9.16. The summed E-state index contributed by atoms with van der Waals surface area (Å²) in [7, 11) is 0. The molecule has 3 heteroatoms. The molecule has 1 aliphatic rings. The Hall–Kier alpha value is -2.16. The van der Waals surface area contributed by atoms with E-state index in [0.717, 1.165) is 28.8 Å². The summed E-state index contributed by atoms with van der Waals surface area (Å²) in [5.74, 6) is 0.642. The Morgan fingerprint density at radius 3 is 2.24 bits per heavy atom. The van der Waals surface area contributed by atoms with Gasteiger partial charge < -0.3 is 4.98 Å². The van der Waals surface area contributed by atoms with Crippen LogP contribution in [-0.4, -0.2) is 10.8 Å². The summed E-state index contributed by atoms with van der Waals surface area (Å²) in [6.07, 6.45) is 3.31. The number of benzene rings is 1. The summed E-state index contributed by atoms with van der Waals surface area (Å²) in [5.41, 5.74) is 5.85. The minimum absolute atomic E-state index is 0.00663. The van der Waals surface area contributed by atoms with Crippen molar-refractivity contribution in [3.05, 3.63) is 67.6 Å². The van der Waals surface area contributed by atoms with Crippen LogP contribution in [0.15, 0.2) is 23.0 Å². The van der Waals surface area contributed by atoms with Gasteiger partial charge in [0.2, 0.25) is 0 Å². The fourth-order valence-electron chi connectivity index (χ4n) is 3.70. The van der Waals surface area contributed by atoms with Crippen LogP contribution in [0.4, 0.5) is 0 Å². The van der Waals surface area contributed by atoms with Crippen molar-refractivity contribution in [2.75, 3.05) is 0 Å². The normalized spacial score (nSPS) is 14.2. The molecule has 3 rings (SSSR count). The highest BCUT2D eigenvalue weighted by molar-refractivity contribution is 6.11. The van der Waals surface area contributed by atoms with Crippen LogP contribution in [0.3, 0.4) is 0 Å². The molecule has 1 aromatic carbocycles. The Morgan fingerprint density at radius 1 is 1.12 bits per heavy atom. The summed E-state index contributed by atoms with van der Waals surface area (Å²) in [5, 5.41) is 0. The molecule has 0 radical (unpaired) electrons. The van der Waals surface area contributed by atoms with Gasteiger partial charge in [-0.15, -0.1) is 0 Å². The topological polar surface area (TPSA) is 49.9 Å². The van der Waals surface area contributed by atoms with Crippen molar-refractivity contribution < 1.29 is 4.79 Å². The molecule has 0 amide bonds. The van der Waals surface area contributed by atoms with E-state index in [4.69, 9.17) is 0 Å². The van der Waals surface area contributed by atoms with E-state index in [1.54, 1.807) is 0 Å². The number of H-pyrrole nitrogens is 1. The zero-order chi connectivity index (χ0) is 18.3. The van der Waals surface area contributed by atoms with E-state index in [1.807, 2.05) is 46.8 Å². The van der Waals surface area contributed by atoms with Gasteiger partial charge in [0.25, 0.3) is 5.56 Å². The average Bonchev–Trinajstić information content (AvgIpc) is 3.31. The van der Waals surface area contributed by atoms with Crippen molar-refractivity contribution in [1.82, 2.24) is 4.98 Å². The molecule has 0 spiro atoms. The Labute approximate surface area is 149 Å². The number of aryl methyl sites for hydroxylation is 3. The smallest absolute Gasteiger partial charge is 0.252 e. The van der Waals surface area contributed by atoms with Gasteiger partial charge in [0, 0.05) is 22.4 Å². The zero-order valence-corrected chi connectivity index (χ0v) is 15.8. The van der Waals surface area contributed by atoms with Crippen LogP contribution in [0, 0.1) is 26.7 Å². The third kappa shape index (κ3) is 3.60. The monoisotopic (exact) mass is 337 g/mol. The largest absolute Gasteiger partial charge is 0.326 e. The van der Waals surface area contributed by atoms with E-state index < -0.39 is 0 Å². The highest BCUT2D eigenvalue weighted by atomic mass is 16.1. The molecule has 132 valence electrons. The molecule has 1 aromatic heterocycles. The van der Waals surface area contributed by atoms with E-state index in [1.165, 1.54) is 12.8 Å². The number of hydrogen-bond acceptors (Lipinski definition) is 2. The molecule has 1 fully saturated rings. The van der Waals surface area contributed by atoms with Crippen LogP contribution >= 0.6 is 0 Å². The molecule has 1 heterocycles. The summed E-state index contributed by atoms with van der Waals surface area (Å²) in [6.45, 7) is 9.89. The molecule has 0 saturated heterocycles. The molecule has 0 unspecified atom stereocenters. The van der Waals surface area contributed by atoms with Gasteiger partial charge in [0.15, 0.2) is 5.78 Å². The standard InChI is InChI=1S/C22H27NO2/c1-12(2)19-20(21(24)17-9-13(3)8-14(4)10-17)18(11-16-6-7-16)15(5)23-22(19)25/h8-10,12,16H,6-7,11H2,1-5H3,(H,23,25). The van der Waals surface area contributed by atoms with E-state index >= 15 is 0 Å². The van der Waals surface area contributed by atoms with Crippen molar-refractivity contribution in [3.63, 3.8) is 0 Å². The number of rotatable bonds is 5. The number of pyridine rings is 1. The van der Waals surface area contributed by atoms with Gasteiger partial charge in [-0.3, -0.25) is 9.59 Å². The SMILES string of the molecule is Cc1cc(C)cc(C(=O)c2c(CC3CC3)c(C)[nH]c(=O)c2C(C)C)c1. The Balaban J connectivity index is 2.23. The number of carbonyl (C=O) groups excluding carboxylic acids is 1. The lowest BCUT2D eigenvalue weighted by molar-refractivity contribution is 0.103. The van der Waals surface area contributed by atoms with Crippen molar-refractivity contribution in [2.45, 2.75) is 59.8 Å². The van der Waals surface area contributed by atoms with Gasteiger partial charge in [-0.05, 0) is 69.6 Å². The predicted octanol–water partition coefficient (Wildman–Crippen LogP) is 4.61. The maximum Gasteiger partial charge on any atom is 0.252 e. The van der Waals surface area contributed by atoms with Crippen LogP contribution in [0.5, 0.6) is 0 Å². The van der Waals surface area contributed by atoms with Gasteiger partial charge in [-0.25, -0.2) is 0 Å². The quantitative estimate of drug-likeness (QED) is 0.810. The second-order valence-corrected chi connectivity index (χ2v) is 7.85. The van der Waals surface area contributed by atoms with Gasteiger partial charge in [-0.1, -0.05) is 31.0 Å². The van der Waals surface area contributed by atoms with Crippen molar-refractivity contribution in [1.29, 1.82) is 0 Å². The van der Waals surface area contributed by atoms with Gasteiger partial charge in [0.05, 0.1) is 0 Å². The molecule has 2 aromatic rings. The Morgan fingerprint density at radius 2 is 1.72 bits per heavy atom. The number of aromatic amines is 1.